The summed E-state index contributed by atoms with van der Waals surface area (Å²) in [6.07, 6.45) is 0. The van der Waals surface area contributed by atoms with Crippen LogP contribution in [0, 0.1) is 35.0 Å². The number of hydrogen-bond donors (Lipinski definition) is 1. The third kappa shape index (κ3) is 4.47. The number of hydrogen-bond acceptors (Lipinski definition) is 3. The van der Waals surface area contributed by atoms with E-state index in [1.54, 1.807) is 17.0 Å². The Hall–Kier alpha value is -3.17. The van der Waals surface area contributed by atoms with Crippen molar-refractivity contribution in [3.63, 3.8) is 0 Å². The minimum absolute atomic E-state index is 0.0767. The molecule has 2 aromatic rings. The van der Waals surface area contributed by atoms with E-state index in [1.807, 2.05) is 18.7 Å². The summed E-state index contributed by atoms with van der Waals surface area (Å²) in [5.41, 5.74) is -0.636. The van der Waals surface area contributed by atoms with Crippen LogP contribution in [-0.2, 0) is 4.79 Å². The Labute approximate surface area is 175 Å². The highest BCUT2D eigenvalue weighted by molar-refractivity contribution is 6.04. The van der Waals surface area contributed by atoms with Gasteiger partial charge in [0.25, 0.3) is 5.91 Å². The van der Waals surface area contributed by atoms with Gasteiger partial charge in [-0.2, -0.15) is 0 Å². The Morgan fingerprint density at radius 2 is 1.29 bits per heavy atom. The third-order valence-electron chi connectivity index (χ3n) is 5.01. The monoisotopic (exact) mass is 441 g/mol. The minimum Gasteiger partial charge on any atom is -0.368 e. The maximum atomic E-state index is 13.8. The van der Waals surface area contributed by atoms with Crippen LogP contribution in [0.5, 0.6) is 0 Å². The number of nitrogens with one attached hydrogen (secondary N) is 1. The number of rotatable bonds is 4. The lowest BCUT2D eigenvalue weighted by Crippen LogP contribution is -2.49. The first-order valence-electron chi connectivity index (χ1n) is 9.58. The van der Waals surface area contributed by atoms with Gasteiger partial charge in [0.15, 0.2) is 23.3 Å². The predicted octanol–water partition coefficient (Wildman–Crippen LogP) is 3.94. The van der Waals surface area contributed by atoms with Crippen molar-refractivity contribution in [1.29, 1.82) is 0 Å². The van der Waals surface area contributed by atoms with E-state index in [2.05, 4.69) is 5.32 Å². The molecule has 0 saturated carbocycles. The molecule has 1 heterocycles. The normalized spacial score (nSPS) is 14.2. The van der Waals surface area contributed by atoms with Crippen molar-refractivity contribution in [2.45, 2.75) is 13.8 Å². The van der Waals surface area contributed by atoms with Crippen LogP contribution in [0.2, 0.25) is 0 Å². The van der Waals surface area contributed by atoms with Crippen molar-refractivity contribution >= 4 is 23.2 Å². The average Bonchev–Trinajstić information content (AvgIpc) is 2.76. The molecule has 1 aliphatic rings. The molecular weight excluding hydrogens is 421 g/mol. The van der Waals surface area contributed by atoms with E-state index in [4.69, 9.17) is 0 Å². The van der Waals surface area contributed by atoms with Gasteiger partial charge in [-0.3, -0.25) is 9.59 Å². The molecule has 0 unspecified atom stereocenters. The second-order valence-electron chi connectivity index (χ2n) is 7.41. The van der Waals surface area contributed by atoms with Crippen molar-refractivity contribution in [2.75, 3.05) is 36.4 Å². The van der Waals surface area contributed by atoms with Gasteiger partial charge in [0, 0.05) is 43.5 Å². The van der Waals surface area contributed by atoms with Crippen molar-refractivity contribution in [3.05, 3.63) is 58.9 Å². The van der Waals surface area contributed by atoms with Crippen LogP contribution in [0.25, 0.3) is 0 Å². The van der Waals surface area contributed by atoms with Crippen LogP contribution in [0.3, 0.4) is 0 Å². The van der Waals surface area contributed by atoms with E-state index in [0.717, 1.165) is 5.69 Å². The molecule has 1 aliphatic heterocycles. The number of nitrogens with zero attached hydrogens (tertiary/aromatic N) is 2. The van der Waals surface area contributed by atoms with Gasteiger partial charge in [-0.1, -0.05) is 13.8 Å². The summed E-state index contributed by atoms with van der Waals surface area (Å²) in [6, 6.07) is 6.19. The maximum Gasteiger partial charge on any atom is 0.261 e. The summed E-state index contributed by atoms with van der Waals surface area (Å²) in [4.78, 5) is 28.0. The molecule has 0 aliphatic carbocycles. The topological polar surface area (TPSA) is 52.7 Å². The van der Waals surface area contributed by atoms with Crippen LogP contribution >= 0.6 is 0 Å². The first kappa shape index (κ1) is 22.5. The second kappa shape index (κ2) is 8.91. The van der Waals surface area contributed by atoms with E-state index in [0.29, 0.717) is 26.2 Å². The summed E-state index contributed by atoms with van der Waals surface area (Å²) in [7, 11) is 0. The Bertz CT molecular complexity index is 974. The predicted molar refractivity (Wildman–Crippen MR) is 104 cm³/mol. The zero-order valence-corrected chi connectivity index (χ0v) is 16.8. The Morgan fingerprint density at radius 1 is 0.806 bits per heavy atom. The summed E-state index contributed by atoms with van der Waals surface area (Å²) in [6.45, 7) is 6.03. The van der Waals surface area contributed by atoms with Gasteiger partial charge < -0.3 is 15.1 Å². The van der Waals surface area contributed by atoms with Gasteiger partial charge in [-0.15, -0.1) is 0 Å². The minimum atomic E-state index is -2.33. The van der Waals surface area contributed by atoms with Gasteiger partial charge >= 0.3 is 0 Å². The molecule has 0 radical (unpaired) electrons. The summed E-state index contributed by atoms with van der Waals surface area (Å²) >= 11 is 0. The van der Waals surface area contributed by atoms with E-state index in [1.165, 1.54) is 12.1 Å². The lowest BCUT2D eigenvalue weighted by molar-refractivity contribution is -0.134. The van der Waals surface area contributed by atoms with Crippen LogP contribution in [0.15, 0.2) is 24.3 Å². The van der Waals surface area contributed by atoms with Crippen molar-refractivity contribution in [2.24, 2.45) is 5.92 Å². The highest BCUT2D eigenvalue weighted by atomic mass is 19.2. The molecule has 166 valence electrons. The SMILES string of the molecule is CC(C)C(=O)N1CCN(c2ccc(NC(=O)c3c(F)c(F)c(F)c(F)c3F)cc2)CC1. The van der Waals surface area contributed by atoms with Crippen LogP contribution in [-0.4, -0.2) is 42.9 Å². The van der Waals surface area contributed by atoms with Crippen molar-refractivity contribution in [3.8, 4) is 0 Å². The molecule has 2 amide bonds. The smallest absolute Gasteiger partial charge is 0.261 e. The molecule has 5 nitrogen and oxygen atoms in total. The molecule has 1 fully saturated rings. The number of piperazine rings is 1. The van der Waals surface area contributed by atoms with Crippen molar-refractivity contribution in [1.82, 2.24) is 4.90 Å². The fourth-order valence-electron chi connectivity index (χ4n) is 3.30. The first-order valence-corrected chi connectivity index (χ1v) is 9.58. The van der Waals surface area contributed by atoms with Gasteiger partial charge in [0.2, 0.25) is 11.7 Å². The van der Waals surface area contributed by atoms with Crippen LogP contribution < -0.4 is 10.2 Å². The number of benzene rings is 2. The van der Waals surface area contributed by atoms with Crippen molar-refractivity contribution < 1.29 is 31.5 Å². The van der Waals surface area contributed by atoms with Gasteiger partial charge in [-0.05, 0) is 24.3 Å². The summed E-state index contributed by atoms with van der Waals surface area (Å²) in [5.74, 6) is -12.5. The van der Waals surface area contributed by atoms with E-state index < -0.39 is 40.6 Å². The fourth-order valence-corrected chi connectivity index (χ4v) is 3.30. The molecule has 1 saturated heterocycles. The van der Waals surface area contributed by atoms with Crippen LogP contribution in [0.4, 0.5) is 33.3 Å². The van der Waals surface area contributed by atoms with Gasteiger partial charge in [0.1, 0.15) is 5.56 Å². The highest BCUT2D eigenvalue weighted by Crippen LogP contribution is 2.25. The zero-order valence-electron chi connectivity index (χ0n) is 16.8. The van der Waals surface area contributed by atoms with Crippen LogP contribution in [0.1, 0.15) is 24.2 Å². The molecule has 0 bridgehead atoms. The Morgan fingerprint density at radius 3 is 1.77 bits per heavy atom. The Balaban J connectivity index is 1.68. The molecule has 31 heavy (non-hydrogen) atoms. The number of anilines is 2. The largest absolute Gasteiger partial charge is 0.368 e. The molecular formula is C21H20F5N3O2. The number of amides is 2. The van der Waals surface area contributed by atoms with E-state index >= 15 is 0 Å². The van der Waals surface area contributed by atoms with E-state index in [9.17, 15) is 31.5 Å². The second-order valence-corrected chi connectivity index (χ2v) is 7.41. The lowest BCUT2D eigenvalue weighted by atomic mass is 10.1. The molecule has 0 atom stereocenters. The molecule has 3 rings (SSSR count). The summed E-state index contributed by atoms with van der Waals surface area (Å²) < 4.78 is 67.3. The number of carbonyl (C=O) groups excluding carboxylic acids is 2. The number of halogens is 5. The fraction of sp³-hybridized carbons (Fsp3) is 0.333. The molecule has 1 N–H and O–H groups in total. The quantitative estimate of drug-likeness (QED) is 0.444. The third-order valence-corrected chi connectivity index (χ3v) is 5.01. The molecule has 10 heteroatoms. The Kier molecular flexibility index (Phi) is 6.47. The summed E-state index contributed by atoms with van der Waals surface area (Å²) in [5, 5.41) is 2.13. The van der Waals surface area contributed by atoms with Gasteiger partial charge in [0.05, 0.1) is 0 Å². The van der Waals surface area contributed by atoms with Gasteiger partial charge in [-0.25, -0.2) is 22.0 Å². The molecule has 0 spiro atoms. The molecule has 2 aromatic carbocycles. The highest BCUT2D eigenvalue weighted by Gasteiger charge is 2.30. The lowest BCUT2D eigenvalue weighted by Gasteiger charge is -2.37. The maximum absolute atomic E-state index is 13.8. The average molecular weight is 441 g/mol. The zero-order chi connectivity index (χ0) is 22.9. The standard InChI is InChI=1S/C21H20F5N3O2/c1-11(2)21(31)29-9-7-28(8-10-29)13-5-3-12(4-6-13)27-20(30)14-15(22)17(24)19(26)18(25)16(14)23/h3-6,11H,7-10H2,1-2H3,(H,27,30). The molecule has 0 aromatic heterocycles. The van der Waals surface area contributed by atoms with E-state index in [-0.39, 0.29) is 17.5 Å². The number of carbonyl (C=O) groups is 2. The first-order chi connectivity index (χ1) is 14.6.